The van der Waals surface area contributed by atoms with Crippen LogP contribution >= 0.6 is 0 Å². The van der Waals surface area contributed by atoms with Crippen LogP contribution in [0.4, 0.5) is 14.6 Å². The van der Waals surface area contributed by atoms with Gasteiger partial charge in [-0.25, -0.2) is 23.7 Å². The predicted molar refractivity (Wildman–Crippen MR) is 82.2 cm³/mol. The number of aromatic nitrogens is 4. The number of anilines is 1. The van der Waals surface area contributed by atoms with Gasteiger partial charge in [0.2, 0.25) is 5.91 Å². The number of hydrogen-bond acceptors (Lipinski definition) is 5. The van der Waals surface area contributed by atoms with E-state index in [0.29, 0.717) is 42.9 Å². The first-order valence-corrected chi connectivity index (χ1v) is 7.99. The number of rotatable bonds is 3. The number of alkyl halides is 2. The van der Waals surface area contributed by atoms with Gasteiger partial charge in [0.1, 0.15) is 11.8 Å². The molecule has 1 atom stereocenters. The summed E-state index contributed by atoms with van der Waals surface area (Å²) in [6.07, 6.45) is 4.19. The molecule has 128 valence electrons. The molecular weight excluding hydrogens is 318 g/mol. The summed E-state index contributed by atoms with van der Waals surface area (Å²) in [5.74, 6) is -2.43. The van der Waals surface area contributed by atoms with Crippen LogP contribution in [0.5, 0.6) is 0 Å². The second kappa shape index (κ2) is 5.09. The van der Waals surface area contributed by atoms with Crippen molar-refractivity contribution in [2.24, 2.45) is 5.41 Å². The second-order valence-corrected chi connectivity index (χ2v) is 6.70. The first-order chi connectivity index (χ1) is 11.4. The lowest BCUT2D eigenvalue weighted by Crippen LogP contribution is -2.42. The number of piperidine rings is 1. The third kappa shape index (κ3) is 2.30. The molecule has 1 spiro atoms. The number of fused-ring (bicyclic) bond motifs is 1. The lowest BCUT2D eigenvalue weighted by Gasteiger charge is -2.33. The van der Waals surface area contributed by atoms with Gasteiger partial charge >= 0.3 is 0 Å². The average Bonchev–Trinajstić information content (AvgIpc) is 2.90. The van der Waals surface area contributed by atoms with E-state index >= 15 is 0 Å². The zero-order valence-corrected chi connectivity index (χ0v) is 13.1. The number of nitrogens with two attached hydrogens (primary N) is 1. The summed E-state index contributed by atoms with van der Waals surface area (Å²) in [7, 11) is 0. The third-order valence-corrected chi connectivity index (χ3v) is 5.14. The van der Waals surface area contributed by atoms with E-state index in [1.165, 1.54) is 6.33 Å². The maximum Gasteiger partial charge on any atom is 0.256 e. The fourth-order valence-corrected chi connectivity index (χ4v) is 3.60. The molecule has 1 aliphatic heterocycles. The summed E-state index contributed by atoms with van der Waals surface area (Å²) in [5.41, 5.74) is 5.83. The van der Waals surface area contributed by atoms with Crippen molar-refractivity contribution in [3.05, 3.63) is 12.7 Å². The normalized spacial score (nSPS) is 25.3. The zero-order chi connectivity index (χ0) is 16.9. The molecule has 2 N–H and O–H groups in total. The van der Waals surface area contributed by atoms with Crippen LogP contribution in [0.2, 0.25) is 0 Å². The fourth-order valence-electron chi connectivity index (χ4n) is 3.60. The zero-order valence-electron chi connectivity index (χ0n) is 13.1. The lowest BCUT2D eigenvalue weighted by molar-refractivity contribution is -0.134. The van der Waals surface area contributed by atoms with Gasteiger partial charge in [-0.2, -0.15) is 0 Å². The van der Waals surface area contributed by atoms with Gasteiger partial charge in [0.05, 0.1) is 11.7 Å². The molecule has 4 rings (SSSR count). The first kappa shape index (κ1) is 15.2. The molecule has 2 aliphatic rings. The Bertz CT molecular complexity index is 806. The van der Waals surface area contributed by atoms with Crippen molar-refractivity contribution in [3.8, 4) is 0 Å². The molecule has 1 aliphatic carbocycles. The monoisotopic (exact) mass is 336 g/mol. The number of amides is 1. The minimum atomic E-state index is -2.61. The number of likely N-dealkylation sites (tertiary alicyclic amines) is 1. The Morgan fingerprint density at radius 1 is 1.33 bits per heavy atom. The highest BCUT2D eigenvalue weighted by Gasteiger charge is 2.71. The molecule has 0 radical (unpaired) electrons. The summed E-state index contributed by atoms with van der Waals surface area (Å²) >= 11 is 0. The van der Waals surface area contributed by atoms with Crippen molar-refractivity contribution >= 4 is 22.9 Å². The Hall–Kier alpha value is -2.32. The highest BCUT2D eigenvalue weighted by Crippen LogP contribution is 2.64. The number of imidazole rings is 1. The Morgan fingerprint density at radius 2 is 2.12 bits per heavy atom. The quantitative estimate of drug-likeness (QED) is 0.916. The number of nitrogens with zero attached hydrogens (tertiary/aromatic N) is 5. The highest BCUT2D eigenvalue weighted by atomic mass is 19.3. The molecule has 7 nitrogen and oxygen atoms in total. The molecule has 2 fully saturated rings. The number of carbonyl (C=O) groups excluding carboxylic acids is 1. The topological polar surface area (TPSA) is 89.9 Å². The smallest absolute Gasteiger partial charge is 0.256 e. The van der Waals surface area contributed by atoms with E-state index in [1.54, 1.807) is 15.8 Å². The van der Waals surface area contributed by atoms with Crippen molar-refractivity contribution in [1.82, 2.24) is 24.4 Å². The van der Waals surface area contributed by atoms with Gasteiger partial charge in [0, 0.05) is 32.5 Å². The van der Waals surface area contributed by atoms with Crippen molar-refractivity contribution < 1.29 is 13.6 Å². The van der Waals surface area contributed by atoms with E-state index in [1.807, 2.05) is 0 Å². The molecule has 24 heavy (non-hydrogen) atoms. The van der Waals surface area contributed by atoms with Crippen LogP contribution in [-0.2, 0) is 11.3 Å². The summed E-state index contributed by atoms with van der Waals surface area (Å²) in [6.45, 7) is 1.10. The van der Waals surface area contributed by atoms with Gasteiger partial charge < -0.3 is 15.2 Å². The number of hydrogen-bond donors (Lipinski definition) is 1. The number of nitrogen functional groups attached to an aromatic ring is 1. The first-order valence-electron chi connectivity index (χ1n) is 7.99. The van der Waals surface area contributed by atoms with Crippen molar-refractivity contribution in [1.29, 1.82) is 0 Å². The Balaban J connectivity index is 1.42. The van der Waals surface area contributed by atoms with Gasteiger partial charge in [-0.3, -0.25) is 4.79 Å². The Labute approximate surface area is 136 Å². The van der Waals surface area contributed by atoms with E-state index < -0.39 is 11.3 Å². The van der Waals surface area contributed by atoms with Crippen LogP contribution in [0.25, 0.3) is 11.2 Å². The predicted octanol–water partition coefficient (Wildman–Crippen LogP) is 1.45. The molecule has 9 heteroatoms. The van der Waals surface area contributed by atoms with Crippen molar-refractivity contribution in [2.75, 3.05) is 18.8 Å². The molecule has 0 aromatic carbocycles. The van der Waals surface area contributed by atoms with Gasteiger partial charge in [-0.05, 0) is 12.8 Å². The molecule has 1 saturated heterocycles. The number of aryl methyl sites for hydroxylation is 1. The molecule has 1 saturated carbocycles. The Morgan fingerprint density at radius 3 is 2.88 bits per heavy atom. The summed E-state index contributed by atoms with van der Waals surface area (Å²) in [6, 6.07) is 0. The van der Waals surface area contributed by atoms with Crippen LogP contribution in [0.15, 0.2) is 12.7 Å². The summed E-state index contributed by atoms with van der Waals surface area (Å²) < 4.78 is 28.8. The van der Waals surface area contributed by atoms with Crippen LogP contribution in [-0.4, -0.2) is 49.3 Å². The lowest BCUT2D eigenvalue weighted by atomic mass is 9.94. The van der Waals surface area contributed by atoms with Crippen LogP contribution in [0, 0.1) is 5.41 Å². The minimum Gasteiger partial charge on any atom is -0.382 e. The van der Waals surface area contributed by atoms with Gasteiger partial charge in [-0.1, -0.05) is 0 Å². The maximum atomic E-state index is 13.6. The van der Waals surface area contributed by atoms with E-state index in [-0.39, 0.29) is 25.3 Å². The van der Waals surface area contributed by atoms with E-state index in [9.17, 15) is 13.6 Å². The summed E-state index contributed by atoms with van der Waals surface area (Å²) in [5, 5.41) is 0. The standard InChI is InChI=1S/C15H18F2N6O/c16-15(17)6-14(15)3-1-4-22(7-14)10(24)2-5-23-9-21-11-12(18)19-8-20-13(11)23/h8-9H,1-7H2,(H2,18,19,20). The average molecular weight is 336 g/mol. The van der Waals surface area contributed by atoms with Crippen LogP contribution < -0.4 is 5.73 Å². The summed E-state index contributed by atoms with van der Waals surface area (Å²) in [4.78, 5) is 26.1. The highest BCUT2D eigenvalue weighted by molar-refractivity contribution is 5.81. The van der Waals surface area contributed by atoms with E-state index in [4.69, 9.17) is 5.73 Å². The van der Waals surface area contributed by atoms with Crippen molar-refractivity contribution in [2.45, 2.75) is 38.2 Å². The molecule has 2 aromatic heterocycles. The van der Waals surface area contributed by atoms with Crippen LogP contribution in [0.3, 0.4) is 0 Å². The fraction of sp³-hybridized carbons (Fsp3) is 0.600. The van der Waals surface area contributed by atoms with Gasteiger partial charge in [-0.15, -0.1) is 0 Å². The molecule has 1 amide bonds. The van der Waals surface area contributed by atoms with Crippen LogP contribution in [0.1, 0.15) is 25.7 Å². The van der Waals surface area contributed by atoms with Gasteiger partial charge in [0.25, 0.3) is 5.92 Å². The van der Waals surface area contributed by atoms with E-state index in [2.05, 4.69) is 15.0 Å². The molecule has 3 heterocycles. The Kier molecular flexibility index (Phi) is 3.23. The molecule has 1 unspecified atom stereocenters. The van der Waals surface area contributed by atoms with Gasteiger partial charge in [0.15, 0.2) is 11.5 Å². The van der Waals surface area contributed by atoms with Crippen molar-refractivity contribution in [3.63, 3.8) is 0 Å². The molecule has 2 aromatic rings. The number of halogens is 2. The third-order valence-electron chi connectivity index (χ3n) is 5.14. The maximum absolute atomic E-state index is 13.6. The second-order valence-electron chi connectivity index (χ2n) is 6.70. The minimum absolute atomic E-state index is 0.0911. The molecule has 0 bridgehead atoms. The molecular formula is C15H18F2N6O. The number of carbonyl (C=O) groups is 1. The largest absolute Gasteiger partial charge is 0.382 e. The SMILES string of the molecule is Nc1ncnc2c1ncn2CCC(=O)N1CCCC2(C1)CC2(F)F. The van der Waals surface area contributed by atoms with E-state index in [0.717, 1.165) is 0 Å².